The number of hydrogen-bond donors (Lipinski definition) is 0. The number of hydrogen-bond acceptors (Lipinski definition) is 2. The van der Waals surface area contributed by atoms with Crippen LogP contribution < -0.4 is 0 Å². The minimum atomic E-state index is -0.0707. The molecule has 1 heterocycles. The van der Waals surface area contributed by atoms with E-state index in [4.69, 9.17) is 4.74 Å². The first-order chi connectivity index (χ1) is 5.02. The van der Waals surface area contributed by atoms with Gasteiger partial charge in [-0.25, -0.2) is 0 Å². The lowest BCUT2D eigenvalue weighted by atomic mass is 10.1. The zero-order chi connectivity index (χ0) is 8.11. The summed E-state index contributed by atoms with van der Waals surface area (Å²) < 4.78 is 5.80. The van der Waals surface area contributed by atoms with E-state index >= 15 is 0 Å². The fourth-order valence-electron chi connectivity index (χ4n) is 1.15. The van der Waals surface area contributed by atoms with E-state index in [1.54, 1.807) is 0 Å². The minimum absolute atomic E-state index is 0.0707. The van der Waals surface area contributed by atoms with Crippen molar-refractivity contribution in [1.29, 1.82) is 0 Å². The molecule has 62 valence electrons. The molecule has 1 fully saturated rings. The Kier molecular flexibility index (Phi) is 1.38. The summed E-state index contributed by atoms with van der Waals surface area (Å²) in [5.41, 5.74) is -0.0707. The Balaban J connectivity index is 2.09. The van der Waals surface area contributed by atoms with Crippen molar-refractivity contribution in [3.8, 4) is 0 Å². The molecule has 0 aromatic rings. The molecule has 0 radical (unpaired) electrons. The largest absolute Gasteiger partial charge is 0.472 e. The van der Waals surface area contributed by atoms with Crippen LogP contribution in [0.15, 0.2) is 4.99 Å². The van der Waals surface area contributed by atoms with Crippen molar-refractivity contribution in [3.63, 3.8) is 0 Å². The molecule has 3 heteroatoms. The molecule has 0 spiro atoms. The Hall–Kier alpha value is -0.0500. The van der Waals surface area contributed by atoms with Crippen LogP contribution in [0.1, 0.15) is 26.7 Å². The molecular formula is C8H12BrNO. The van der Waals surface area contributed by atoms with Gasteiger partial charge in [0.2, 0.25) is 5.90 Å². The van der Waals surface area contributed by atoms with Crippen LogP contribution in [0.5, 0.6) is 0 Å². The van der Waals surface area contributed by atoms with Crippen molar-refractivity contribution in [2.75, 3.05) is 6.54 Å². The van der Waals surface area contributed by atoms with Gasteiger partial charge in [0, 0.05) is 0 Å². The van der Waals surface area contributed by atoms with Crippen molar-refractivity contribution >= 4 is 21.8 Å². The lowest BCUT2D eigenvalue weighted by Crippen LogP contribution is -2.27. The number of nitrogens with zero attached hydrogens (tertiary/aromatic N) is 1. The van der Waals surface area contributed by atoms with Gasteiger partial charge in [-0.05, 0) is 26.7 Å². The summed E-state index contributed by atoms with van der Waals surface area (Å²) in [6.45, 7) is 4.94. The summed E-state index contributed by atoms with van der Waals surface area (Å²) in [5, 5.41) is 0. The zero-order valence-corrected chi connectivity index (χ0v) is 8.44. The first-order valence-corrected chi connectivity index (χ1v) is 4.74. The molecule has 1 aliphatic carbocycles. The van der Waals surface area contributed by atoms with Crippen LogP contribution in [0.2, 0.25) is 0 Å². The Morgan fingerprint density at radius 3 is 2.45 bits per heavy atom. The van der Waals surface area contributed by atoms with Crippen molar-refractivity contribution < 1.29 is 4.74 Å². The second kappa shape index (κ2) is 2.00. The molecule has 0 aromatic carbocycles. The van der Waals surface area contributed by atoms with Gasteiger partial charge in [0.1, 0.15) is 9.93 Å². The fraction of sp³-hybridized carbons (Fsp3) is 0.875. The minimum Gasteiger partial charge on any atom is -0.472 e. The van der Waals surface area contributed by atoms with E-state index in [1.165, 1.54) is 12.8 Å². The van der Waals surface area contributed by atoms with Gasteiger partial charge in [0.05, 0.1) is 6.54 Å². The van der Waals surface area contributed by atoms with Crippen LogP contribution in [0.4, 0.5) is 0 Å². The van der Waals surface area contributed by atoms with Crippen LogP contribution in [0, 0.1) is 0 Å². The maximum absolute atomic E-state index is 5.68. The van der Waals surface area contributed by atoms with Crippen molar-refractivity contribution in [2.45, 2.75) is 36.6 Å². The van der Waals surface area contributed by atoms with E-state index in [-0.39, 0.29) is 9.93 Å². The van der Waals surface area contributed by atoms with Gasteiger partial charge in [-0.3, -0.25) is 4.99 Å². The Morgan fingerprint density at radius 1 is 1.45 bits per heavy atom. The lowest BCUT2D eigenvalue weighted by Gasteiger charge is -2.18. The SMILES string of the molecule is CC1(C)CN=C(C2(Br)CC2)O1. The predicted molar refractivity (Wildman–Crippen MR) is 48.4 cm³/mol. The molecule has 2 nitrogen and oxygen atoms in total. The van der Waals surface area contributed by atoms with Crippen LogP contribution in [0.25, 0.3) is 0 Å². The number of rotatable bonds is 1. The second-order valence-corrected chi connectivity index (χ2v) is 5.47. The monoisotopic (exact) mass is 217 g/mol. The van der Waals surface area contributed by atoms with Gasteiger partial charge < -0.3 is 4.74 Å². The molecule has 0 atom stereocenters. The normalized spacial score (nSPS) is 31.0. The highest BCUT2D eigenvalue weighted by Crippen LogP contribution is 2.48. The highest BCUT2D eigenvalue weighted by molar-refractivity contribution is 9.10. The topological polar surface area (TPSA) is 21.6 Å². The summed E-state index contributed by atoms with van der Waals surface area (Å²) in [4.78, 5) is 4.37. The highest BCUT2D eigenvalue weighted by Gasteiger charge is 2.50. The summed E-state index contributed by atoms with van der Waals surface area (Å²) in [6, 6.07) is 0. The Morgan fingerprint density at radius 2 is 2.09 bits per heavy atom. The first-order valence-electron chi connectivity index (χ1n) is 3.95. The van der Waals surface area contributed by atoms with Gasteiger partial charge in [-0.1, -0.05) is 15.9 Å². The smallest absolute Gasteiger partial charge is 0.201 e. The maximum Gasteiger partial charge on any atom is 0.201 e. The summed E-state index contributed by atoms with van der Waals surface area (Å²) in [6.07, 6.45) is 2.34. The van der Waals surface area contributed by atoms with Crippen molar-refractivity contribution in [1.82, 2.24) is 0 Å². The van der Waals surface area contributed by atoms with Gasteiger partial charge in [0.15, 0.2) is 0 Å². The van der Waals surface area contributed by atoms with E-state index in [1.807, 2.05) is 0 Å². The summed E-state index contributed by atoms with van der Waals surface area (Å²) in [5.74, 6) is 0.919. The maximum atomic E-state index is 5.68. The molecule has 2 aliphatic rings. The first kappa shape index (κ1) is 7.59. The quantitative estimate of drug-likeness (QED) is 0.617. The average Bonchev–Trinajstić information content (AvgIpc) is 2.51. The van der Waals surface area contributed by atoms with Crippen molar-refractivity contribution in [3.05, 3.63) is 0 Å². The van der Waals surface area contributed by atoms with Gasteiger partial charge in [-0.15, -0.1) is 0 Å². The van der Waals surface area contributed by atoms with E-state index in [0.29, 0.717) is 0 Å². The van der Waals surface area contributed by atoms with Gasteiger partial charge in [-0.2, -0.15) is 0 Å². The Bertz CT molecular complexity index is 218. The van der Waals surface area contributed by atoms with Crippen LogP contribution in [-0.4, -0.2) is 22.4 Å². The van der Waals surface area contributed by atoms with E-state index < -0.39 is 0 Å². The standard InChI is InChI=1S/C8H12BrNO/c1-7(2)5-10-6(11-7)8(9)3-4-8/h3-5H2,1-2H3. The average molecular weight is 218 g/mol. The molecule has 0 unspecified atom stereocenters. The summed E-state index contributed by atoms with van der Waals surface area (Å²) >= 11 is 3.61. The predicted octanol–water partition coefficient (Wildman–Crippen LogP) is 2.12. The molecule has 1 saturated carbocycles. The molecular weight excluding hydrogens is 206 g/mol. The van der Waals surface area contributed by atoms with Crippen LogP contribution in [0.3, 0.4) is 0 Å². The highest BCUT2D eigenvalue weighted by atomic mass is 79.9. The van der Waals surface area contributed by atoms with Gasteiger partial charge in [0.25, 0.3) is 0 Å². The van der Waals surface area contributed by atoms with E-state index in [0.717, 1.165) is 12.4 Å². The molecule has 0 bridgehead atoms. The van der Waals surface area contributed by atoms with Crippen LogP contribution in [-0.2, 0) is 4.74 Å². The second-order valence-electron chi connectivity index (χ2n) is 3.95. The molecule has 0 N–H and O–H groups in total. The van der Waals surface area contributed by atoms with Crippen LogP contribution >= 0.6 is 15.9 Å². The molecule has 0 saturated heterocycles. The number of aliphatic imine (C=N–C) groups is 1. The fourth-order valence-corrected chi connectivity index (χ4v) is 1.55. The third kappa shape index (κ3) is 1.31. The lowest BCUT2D eigenvalue weighted by molar-refractivity contribution is 0.127. The Labute approximate surface area is 75.2 Å². The summed E-state index contributed by atoms with van der Waals surface area (Å²) in [7, 11) is 0. The molecule has 1 aliphatic heterocycles. The number of alkyl halides is 1. The number of ether oxygens (including phenoxy) is 1. The van der Waals surface area contributed by atoms with Crippen molar-refractivity contribution in [2.24, 2.45) is 4.99 Å². The zero-order valence-electron chi connectivity index (χ0n) is 6.85. The van der Waals surface area contributed by atoms with E-state index in [2.05, 4.69) is 34.8 Å². The number of halogens is 1. The van der Waals surface area contributed by atoms with Gasteiger partial charge >= 0.3 is 0 Å². The molecule has 11 heavy (non-hydrogen) atoms. The molecule has 0 amide bonds. The third-order valence-electron chi connectivity index (χ3n) is 2.05. The van der Waals surface area contributed by atoms with E-state index in [9.17, 15) is 0 Å². The third-order valence-corrected chi connectivity index (χ3v) is 3.18. The molecule has 0 aromatic heterocycles. The molecule has 2 rings (SSSR count).